The van der Waals surface area contributed by atoms with Gasteiger partial charge in [0, 0.05) is 36.3 Å². The van der Waals surface area contributed by atoms with Gasteiger partial charge in [-0.3, -0.25) is 14.9 Å². The van der Waals surface area contributed by atoms with Crippen molar-refractivity contribution in [1.82, 2.24) is 4.90 Å². The minimum atomic E-state index is -0.480. The van der Waals surface area contributed by atoms with Gasteiger partial charge in [0.05, 0.1) is 4.92 Å². The number of hydrogen-bond acceptors (Lipinski definition) is 3. The molecule has 0 unspecified atom stereocenters. The molecule has 0 saturated carbocycles. The molecule has 2 aromatic carbocycles. The van der Waals surface area contributed by atoms with Crippen LogP contribution in [-0.2, 0) is 6.54 Å². The van der Waals surface area contributed by atoms with E-state index in [4.69, 9.17) is 11.6 Å². The number of nitro benzene ring substituents is 1. The molecule has 0 spiro atoms. The molecule has 126 valence electrons. The zero-order chi connectivity index (χ0) is 17.9. The van der Waals surface area contributed by atoms with Crippen LogP contribution in [0.3, 0.4) is 0 Å². The van der Waals surface area contributed by atoms with Crippen LogP contribution in [0.1, 0.15) is 41.3 Å². The van der Waals surface area contributed by atoms with Gasteiger partial charge in [-0.2, -0.15) is 0 Å². The van der Waals surface area contributed by atoms with E-state index in [-0.39, 0.29) is 18.1 Å². The van der Waals surface area contributed by atoms with Gasteiger partial charge in [0.25, 0.3) is 11.6 Å². The lowest BCUT2D eigenvalue weighted by molar-refractivity contribution is -0.384. The maximum absolute atomic E-state index is 12.5. The minimum absolute atomic E-state index is 0.0449. The predicted octanol–water partition coefficient (Wildman–Crippen LogP) is 4.64. The van der Waals surface area contributed by atoms with Crippen LogP contribution >= 0.6 is 11.6 Å². The highest BCUT2D eigenvalue weighted by molar-refractivity contribution is 6.31. The quantitative estimate of drug-likeness (QED) is 0.585. The van der Waals surface area contributed by atoms with Crippen molar-refractivity contribution in [3.05, 3.63) is 74.3 Å². The number of rotatable bonds is 5. The van der Waals surface area contributed by atoms with E-state index in [1.54, 1.807) is 19.2 Å². The number of nitro groups is 1. The first kappa shape index (κ1) is 17.9. The van der Waals surface area contributed by atoms with Crippen molar-refractivity contribution in [3.8, 4) is 0 Å². The normalized spacial score (nSPS) is 10.7. The van der Waals surface area contributed by atoms with E-state index in [9.17, 15) is 14.9 Å². The van der Waals surface area contributed by atoms with E-state index in [0.717, 1.165) is 5.56 Å². The van der Waals surface area contributed by atoms with E-state index in [2.05, 4.69) is 13.8 Å². The average Bonchev–Trinajstić information content (AvgIpc) is 2.55. The fourth-order valence-electron chi connectivity index (χ4n) is 2.35. The van der Waals surface area contributed by atoms with Crippen molar-refractivity contribution in [3.63, 3.8) is 0 Å². The van der Waals surface area contributed by atoms with Crippen LogP contribution in [0, 0.1) is 10.1 Å². The summed E-state index contributed by atoms with van der Waals surface area (Å²) >= 11 is 6.09. The molecular formula is C18H19ClN2O3. The van der Waals surface area contributed by atoms with Gasteiger partial charge in [-0.1, -0.05) is 37.6 Å². The molecule has 0 fully saturated rings. The van der Waals surface area contributed by atoms with Crippen molar-refractivity contribution in [1.29, 1.82) is 0 Å². The largest absolute Gasteiger partial charge is 0.337 e. The van der Waals surface area contributed by atoms with Crippen LogP contribution in [0.25, 0.3) is 0 Å². The molecule has 0 aromatic heterocycles. The van der Waals surface area contributed by atoms with Crippen LogP contribution in [0.4, 0.5) is 5.69 Å². The van der Waals surface area contributed by atoms with Crippen LogP contribution in [-0.4, -0.2) is 22.8 Å². The van der Waals surface area contributed by atoms with E-state index in [1.807, 2.05) is 12.1 Å². The summed E-state index contributed by atoms with van der Waals surface area (Å²) in [5, 5.41) is 11.3. The van der Waals surface area contributed by atoms with E-state index in [1.165, 1.54) is 23.1 Å². The van der Waals surface area contributed by atoms with E-state index >= 15 is 0 Å². The summed E-state index contributed by atoms with van der Waals surface area (Å²) in [6.07, 6.45) is 0. The zero-order valence-corrected chi connectivity index (χ0v) is 14.6. The summed E-state index contributed by atoms with van der Waals surface area (Å²) in [5.74, 6) is 0.239. The third-order valence-corrected chi connectivity index (χ3v) is 4.19. The summed E-state index contributed by atoms with van der Waals surface area (Å²) in [6, 6.07) is 11.7. The molecular weight excluding hydrogens is 328 g/mol. The van der Waals surface area contributed by atoms with Gasteiger partial charge in [0.1, 0.15) is 0 Å². The molecule has 1 amide bonds. The summed E-state index contributed by atoms with van der Waals surface area (Å²) < 4.78 is 0. The lowest BCUT2D eigenvalue weighted by Crippen LogP contribution is -2.26. The Morgan fingerprint density at radius 1 is 1.21 bits per heavy atom. The standard InChI is InChI=1S/C18H19ClN2O3/c1-12(2)13-4-6-14(7-5-13)18(22)20(3)11-15-10-16(21(23)24)8-9-17(15)19/h4-10,12H,11H2,1-3H3. The molecule has 0 aliphatic carbocycles. The Morgan fingerprint density at radius 3 is 2.38 bits per heavy atom. The number of carbonyl (C=O) groups is 1. The van der Waals surface area contributed by atoms with E-state index < -0.39 is 4.92 Å². The van der Waals surface area contributed by atoms with Crippen molar-refractivity contribution in [2.24, 2.45) is 0 Å². The van der Waals surface area contributed by atoms with Gasteiger partial charge in [0.2, 0.25) is 0 Å². The fraction of sp³-hybridized carbons (Fsp3) is 0.278. The number of halogens is 1. The van der Waals surface area contributed by atoms with Crippen molar-refractivity contribution < 1.29 is 9.72 Å². The number of non-ortho nitro benzene ring substituents is 1. The molecule has 5 nitrogen and oxygen atoms in total. The van der Waals surface area contributed by atoms with Crippen molar-refractivity contribution in [2.45, 2.75) is 26.3 Å². The SMILES string of the molecule is CC(C)c1ccc(C(=O)N(C)Cc2cc([N+](=O)[O-])ccc2Cl)cc1. The summed E-state index contributed by atoms with van der Waals surface area (Å²) in [4.78, 5) is 24.4. The van der Waals surface area contributed by atoms with Crippen molar-refractivity contribution in [2.75, 3.05) is 7.05 Å². The van der Waals surface area contributed by atoms with Crippen LogP contribution in [0.2, 0.25) is 5.02 Å². The molecule has 0 radical (unpaired) electrons. The number of hydrogen-bond donors (Lipinski definition) is 0. The Balaban J connectivity index is 2.17. The summed E-state index contributed by atoms with van der Waals surface area (Å²) in [5.41, 5.74) is 2.23. The van der Waals surface area contributed by atoms with Gasteiger partial charge in [-0.25, -0.2) is 0 Å². The summed E-state index contributed by atoms with van der Waals surface area (Å²) in [6.45, 7) is 4.38. The Labute approximate surface area is 146 Å². The van der Waals surface area contributed by atoms with Crippen LogP contribution in [0.5, 0.6) is 0 Å². The molecule has 6 heteroatoms. The Hall–Kier alpha value is -2.40. The third-order valence-electron chi connectivity index (χ3n) is 3.82. The highest BCUT2D eigenvalue weighted by Gasteiger charge is 2.16. The van der Waals surface area contributed by atoms with Crippen LogP contribution in [0.15, 0.2) is 42.5 Å². The first-order valence-corrected chi connectivity index (χ1v) is 7.95. The molecule has 0 saturated heterocycles. The molecule has 2 aromatic rings. The first-order valence-electron chi connectivity index (χ1n) is 7.58. The van der Waals surface area contributed by atoms with E-state index in [0.29, 0.717) is 22.1 Å². The molecule has 0 heterocycles. The first-order chi connectivity index (χ1) is 11.3. The number of nitrogens with zero attached hydrogens (tertiary/aromatic N) is 2. The molecule has 0 bridgehead atoms. The lowest BCUT2D eigenvalue weighted by atomic mass is 10.0. The Bertz CT molecular complexity index is 757. The number of amides is 1. The van der Waals surface area contributed by atoms with Crippen molar-refractivity contribution >= 4 is 23.2 Å². The molecule has 0 aliphatic heterocycles. The van der Waals surface area contributed by atoms with Gasteiger partial charge in [0.15, 0.2) is 0 Å². The topological polar surface area (TPSA) is 63.5 Å². The number of carbonyl (C=O) groups excluding carboxylic acids is 1. The second-order valence-corrected chi connectivity index (χ2v) is 6.38. The Kier molecular flexibility index (Phi) is 5.57. The monoisotopic (exact) mass is 346 g/mol. The molecule has 0 aliphatic rings. The Morgan fingerprint density at radius 2 is 1.83 bits per heavy atom. The van der Waals surface area contributed by atoms with Gasteiger partial charge < -0.3 is 4.90 Å². The van der Waals surface area contributed by atoms with Gasteiger partial charge in [-0.15, -0.1) is 0 Å². The zero-order valence-electron chi connectivity index (χ0n) is 13.8. The lowest BCUT2D eigenvalue weighted by Gasteiger charge is -2.18. The fourth-order valence-corrected chi connectivity index (χ4v) is 2.53. The second-order valence-electron chi connectivity index (χ2n) is 5.97. The predicted molar refractivity (Wildman–Crippen MR) is 94.4 cm³/mol. The second kappa shape index (κ2) is 7.45. The number of benzene rings is 2. The molecule has 0 atom stereocenters. The average molecular weight is 347 g/mol. The highest BCUT2D eigenvalue weighted by atomic mass is 35.5. The highest BCUT2D eigenvalue weighted by Crippen LogP contribution is 2.24. The van der Waals surface area contributed by atoms with Gasteiger partial charge in [-0.05, 0) is 35.2 Å². The molecule has 0 N–H and O–H groups in total. The smallest absolute Gasteiger partial charge is 0.269 e. The molecule has 24 heavy (non-hydrogen) atoms. The third kappa shape index (κ3) is 4.11. The minimum Gasteiger partial charge on any atom is -0.337 e. The maximum Gasteiger partial charge on any atom is 0.269 e. The molecule has 2 rings (SSSR count). The maximum atomic E-state index is 12.5. The van der Waals surface area contributed by atoms with Crippen LogP contribution < -0.4 is 0 Å². The summed E-state index contributed by atoms with van der Waals surface area (Å²) in [7, 11) is 1.65. The van der Waals surface area contributed by atoms with Gasteiger partial charge >= 0.3 is 0 Å².